The monoisotopic (exact) mass is 423 g/mol. The molecule has 6 heteroatoms. The Labute approximate surface area is 185 Å². The van der Waals surface area contributed by atoms with Crippen LogP contribution in [0, 0.1) is 12.3 Å². The predicted octanol–water partition coefficient (Wildman–Crippen LogP) is 7.45. The molecule has 3 N–H and O–H groups in total. The lowest BCUT2D eigenvalue weighted by Crippen LogP contribution is -2.01. The standard InChI is InChI=1S/C19H23N5.C4H5F.C2H6/c1-5-7-8-16-14(4)24(12-13(3)6-2)18-10-9-15(11-17(16)18)19(20)22-23-21;1-3-4(2)5;1-2/h5-11H,1,12H2,2-4H3,(H3,20,21,22);3H,1-2H2;1-2H3/b8-7-,13-6+;;. The van der Waals surface area contributed by atoms with Crippen LogP contribution in [-0.4, -0.2) is 10.4 Å². The number of nitrogens with zero attached hydrogens (tertiary/aromatic N) is 3. The number of hydrogen-bond acceptors (Lipinski definition) is 2. The van der Waals surface area contributed by atoms with Crippen LogP contribution in [0.4, 0.5) is 4.39 Å². The molecule has 0 fully saturated rings. The van der Waals surface area contributed by atoms with Gasteiger partial charge in [0.25, 0.3) is 0 Å². The maximum absolute atomic E-state index is 11.1. The lowest BCUT2D eigenvalue weighted by atomic mass is 10.1. The Morgan fingerprint density at radius 3 is 2.39 bits per heavy atom. The van der Waals surface area contributed by atoms with Crippen molar-refractivity contribution >= 4 is 22.8 Å². The minimum atomic E-state index is -0.481. The number of allylic oxidation sites excluding steroid dienone is 6. The number of benzene rings is 1. The molecule has 0 amide bonds. The van der Waals surface area contributed by atoms with Crippen LogP contribution in [0.5, 0.6) is 0 Å². The lowest BCUT2D eigenvalue weighted by molar-refractivity contribution is 0.672. The van der Waals surface area contributed by atoms with E-state index in [0.29, 0.717) is 5.56 Å². The molecule has 2 aromatic rings. The summed E-state index contributed by atoms with van der Waals surface area (Å²) < 4.78 is 13.4. The van der Waals surface area contributed by atoms with Gasteiger partial charge in [0.2, 0.25) is 0 Å². The smallest absolute Gasteiger partial charge is 0.176 e. The number of fused-ring (bicyclic) bond motifs is 1. The van der Waals surface area contributed by atoms with Crippen molar-refractivity contribution in [2.24, 2.45) is 16.2 Å². The number of amidine groups is 1. The van der Waals surface area contributed by atoms with Gasteiger partial charge in [-0.15, -0.1) is 5.11 Å². The Hall–Kier alpha value is -3.54. The minimum Gasteiger partial charge on any atom is -0.340 e. The average molecular weight is 424 g/mol. The van der Waals surface area contributed by atoms with Gasteiger partial charge in [0.1, 0.15) is 5.83 Å². The van der Waals surface area contributed by atoms with Crippen LogP contribution in [-0.2, 0) is 6.54 Å². The molecule has 5 nitrogen and oxygen atoms in total. The summed E-state index contributed by atoms with van der Waals surface area (Å²) in [6.07, 6.45) is 8.90. The van der Waals surface area contributed by atoms with Crippen molar-refractivity contribution in [3.8, 4) is 0 Å². The van der Waals surface area contributed by atoms with E-state index in [-0.39, 0.29) is 5.84 Å². The summed E-state index contributed by atoms with van der Waals surface area (Å²) in [4.78, 5) is 0. The molecule has 0 aliphatic rings. The van der Waals surface area contributed by atoms with E-state index in [1.54, 1.807) is 6.08 Å². The highest BCUT2D eigenvalue weighted by Crippen LogP contribution is 2.29. The highest BCUT2D eigenvalue weighted by molar-refractivity contribution is 6.02. The maximum Gasteiger partial charge on any atom is 0.176 e. The normalized spacial score (nSPS) is 11.0. The van der Waals surface area contributed by atoms with Gasteiger partial charge < -0.3 is 10.4 Å². The van der Waals surface area contributed by atoms with Crippen LogP contribution in [0.3, 0.4) is 0 Å². The summed E-state index contributed by atoms with van der Waals surface area (Å²) in [5, 5.41) is 15.8. The summed E-state index contributed by atoms with van der Waals surface area (Å²) >= 11 is 0. The van der Waals surface area contributed by atoms with E-state index in [1.807, 2.05) is 51.1 Å². The van der Waals surface area contributed by atoms with Crippen LogP contribution >= 0.6 is 0 Å². The summed E-state index contributed by atoms with van der Waals surface area (Å²) in [5.41, 5.74) is 5.40. The second kappa shape index (κ2) is 14.4. The van der Waals surface area contributed by atoms with Crippen molar-refractivity contribution in [2.45, 2.75) is 41.2 Å². The van der Waals surface area contributed by atoms with E-state index in [2.05, 4.69) is 54.6 Å². The summed E-state index contributed by atoms with van der Waals surface area (Å²) in [6.45, 7) is 20.8. The predicted molar refractivity (Wildman–Crippen MR) is 133 cm³/mol. The third-order valence-electron chi connectivity index (χ3n) is 4.32. The molecule has 166 valence electrons. The zero-order valence-electron chi connectivity index (χ0n) is 19.2. The van der Waals surface area contributed by atoms with E-state index < -0.39 is 5.83 Å². The fourth-order valence-corrected chi connectivity index (χ4v) is 2.69. The molecular formula is C25H34FN5. The van der Waals surface area contributed by atoms with E-state index in [4.69, 9.17) is 11.3 Å². The number of rotatable bonds is 6. The average Bonchev–Trinajstić information content (AvgIpc) is 3.04. The van der Waals surface area contributed by atoms with Crippen molar-refractivity contribution in [3.05, 3.63) is 90.5 Å². The van der Waals surface area contributed by atoms with Gasteiger partial charge in [-0.1, -0.05) is 68.7 Å². The Morgan fingerprint density at radius 2 is 1.90 bits per heavy atom. The first kappa shape index (κ1) is 27.5. The van der Waals surface area contributed by atoms with Gasteiger partial charge in [0, 0.05) is 34.3 Å². The van der Waals surface area contributed by atoms with E-state index in [9.17, 15) is 4.39 Å². The molecule has 0 saturated heterocycles. The van der Waals surface area contributed by atoms with E-state index >= 15 is 0 Å². The van der Waals surface area contributed by atoms with Gasteiger partial charge >= 0.3 is 0 Å². The van der Waals surface area contributed by atoms with Gasteiger partial charge in [-0.2, -0.15) is 0 Å². The largest absolute Gasteiger partial charge is 0.340 e. The molecule has 0 aliphatic heterocycles. The summed E-state index contributed by atoms with van der Waals surface area (Å²) in [7, 11) is 0. The van der Waals surface area contributed by atoms with Gasteiger partial charge in [0.15, 0.2) is 5.84 Å². The molecule has 0 saturated carbocycles. The Bertz CT molecular complexity index is 1010. The van der Waals surface area contributed by atoms with Gasteiger partial charge in [-0.05, 0) is 45.0 Å². The fourth-order valence-electron chi connectivity index (χ4n) is 2.69. The van der Waals surface area contributed by atoms with Crippen molar-refractivity contribution in [2.75, 3.05) is 0 Å². The molecule has 0 spiro atoms. The van der Waals surface area contributed by atoms with Crippen molar-refractivity contribution < 1.29 is 4.39 Å². The number of nitrogens with two attached hydrogens (primary N) is 1. The van der Waals surface area contributed by atoms with Gasteiger partial charge in [0.05, 0.1) is 0 Å². The molecule has 0 bridgehead atoms. The Kier molecular flexibility index (Phi) is 12.8. The van der Waals surface area contributed by atoms with E-state index in [1.165, 1.54) is 11.3 Å². The number of hydrogen-bond donors (Lipinski definition) is 2. The van der Waals surface area contributed by atoms with E-state index in [0.717, 1.165) is 29.1 Å². The number of halogens is 1. The quantitative estimate of drug-likeness (QED) is 0.0945. The molecule has 2 rings (SSSR count). The second-order valence-corrected chi connectivity index (χ2v) is 6.26. The van der Waals surface area contributed by atoms with Crippen LogP contribution in [0.2, 0.25) is 0 Å². The van der Waals surface area contributed by atoms with Crippen molar-refractivity contribution in [3.63, 3.8) is 0 Å². The van der Waals surface area contributed by atoms with Gasteiger partial charge in [-0.3, -0.25) is 5.41 Å². The first-order chi connectivity index (χ1) is 14.8. The van der Waals surface area contributed by atoms with Crippen LogP contribution in [0.15, 0.2) is 84.0 Å². The maximum atomic E-state index is 11.1. The van der Waals surface area contributed by atoms with Crippen molar-refractivity contribution in [1.82, 2.24) is 4.57 Å². The van der Waals surface area contributed by atoms with Crippen molar-refractivity contribution in [1.29, 1.82) is 5.41 Å². The highest BCUT2D eigenvalue weighted by Gasteiger charge is 2.14. The molecule has 1 heterocycles. The Morgan fingerprint density at radius 1 is 1.29 bits per heavy atom. The zero-order valence-corrected chi connectivity index (χ0v) is 19.2. The third kappa shape index (κ3) is 8.01. The van der Waals surface area contributed by atoms with Gasteiger partial charge in [-0.25, -0.2) is 4.39 Å². The topological polar surface area (TPSA) is 79.5 Å². The molecule has 0 radical (unpaired) electrons. The number of aromatic nitrogens is 1. The molecule has 1 aromatic heterocycles. The third-order valence-corrected chi connectivity index (χ3v) is 4.32. The molecule has 0 unspecified atom stereocenters. The minimum absolute atomic E-state index is 0.0492. The van der Waals surface area contributed by atoms with Crippen LogP contribution in [0.1, 0.15) is 44.5 Å². The number of nitrogens with one attached hydrogen (secondary N) is 1. The van der Waals surface area contributed by atoms with Crippen LogP contribution in [0.25, 0.3) is 17.0 Å². The first-order valence-electron chi connectivity index (χ1n) is 10.0. The summed E-state index contributed by atoms with van der Waals surface area (Å²) in [6, 6.07) is 5.86. The molecule has 31 heavy (non-hydrogen) atoms. The zero-order chi connectivity index (χ0) is 24.0. The first-order valence-corrected chi connectivity index (χ1v) is 10.0. The molecule has 1 aromatic carbocycles. The lowest BCUT2D eigenvalue weighted by Gasteiger charge is -2.09. The van der Waals surface area contributed by atoms with Crippen LogP contribution < -0.4 is 5.84 Å². The Balaban J connectivity index is 0.00000113. The molecule has 0 atom stereocenters. The molecule has 0 aliphatic carbocycles. The fraction of sp³-hybridized carbons (Fsp3) is 0.240. The highest BCUT2D eigenvalue weighted by atomic mass is 19.1. The molecular weight excluding hydrogens is 389 g/mol. The SMILES string of the molecule is C=C/C=C\c1c(C)n(C/C(C)=C/C)c2ccc(C(=N)N=NN)cc12.C=CC(=C)F.CC. The second-order valence-electron chi connectivity index (χ2n) is 6.26. The summed E-state index contributed by atoms with van der Waals surface area (Å²) in [5.74, 6) is 4.63.